The monoisotopic (exact) mass is 444 g/mol. The Balaban J connectivity index is 1.25. The molecule has 1 aliphatic heterocycles. The first kappa shape index (κ1) is 21.2. The quantitative estimate of drug-likeness (QED) is 0.364. The number of carbonyl (C=O) groups is 1. The third-order valence-corrected chi connectivity index (χ3v) is 6.01. The van der Waals surface area contributed by atoms with Crippen molar-refractivity contribution < 1.29 is 4.79 Å². The highest BCUT2D eigenvalue weighted by Gasteiger charge is 2.17. The Kier molecular flexibility index (Phi) is 5.80. The average molecular weight is 445 g/mol. The number of hydrogen-bond acceptors (Lipinski definition) is 6. The molecule has 0 aliphatic carbocycles. The lowest BCUT2D eigenvalue weighted by Gasteiger charge is -2.32. The van der Waals surface area contributed by atoms with Gasteiger partial charge in [-0.1, -0.05) is 12.1 Å². The number of fused-ring (bicyclic) bond motifs is 1. The van der Waals surface area contributed by atoms with Crippen LogP contribution in [0.3, 0.4) is 0 Å². The molecule has 4 N–H and O–H groups in total. The number of nitrogens with one attached hydrogen (secondary N) is 4. The lowest BCUT2D eigenvalue weighted by atomic mass is 10.1. The van der Waals surface area contributed by atoms with Crippen molar-refractivity contribution in [2.45, 2.75) is 13.5 Å². The largest absolute Gasteiger partial charge is 0.356 e. The highest BCUT2D eigenvalue weighted by molar-refractivity contribution is 6.07. The van der Waals surface area contributed by atoms with Crippen LogP contribution < -0.4 is 10.6 Å². The van der Waals surface area contributed by atoms with Crippen LogP contribution in [0.15, 0.2) is 48.8 Å². The summed E-state index contributed by atoms with van der Waals surface area (Å²) in [4.78, 5) is 25.4. The number of nitrogens with zero attached hydrogens (tertiary/aromatic N) is 4. The van der Waals surface area contributed by atoms with Gasteiger partial charge in [-0.25, -0.2) is 4.98 Å². The molecular formula is C24H28N8O. The van der Waals surface area contributed by atoms with E-state index in [1.54, 1.807) is 12.4 Å². The van der Waals surface area contributed by atoms with E-state index in [0.717, 1.165) is 55.0 Å². The number of anilines is 3. The number of carbonyl (C=O) groups excluding carboxylic acids is 1. The van der Waals surface area contributed by atoms with Crippen molar-refractivity contribution in [3.8, 4) is 0 Å². The van der Waals surface area contributed by atoms with Crippen molar-refractivity contribution in [1.29, 1.82) is 0 Å². The lowest BCUT2D eigenvalue weighted by molar-refractivity contribution is 0.102. The fraction of sp³-hybridized carbons (Fsp3) is 0.292. The summed E-state index contributed by atoms with van der Waals surface area (Å²) in [6.45, 7) is 7.28. The smallest absolute Gasteiger partial charge is 0.275 e. The molecule has 1 amide bonds. The van der Waals surface area contributed by atoms with Gasteiger partial charge >= 0.3 is 0 Å². The molecule has 1 aliphatic rings. The lowest BCUT2D eigenvalue weighted by Crippen LogP contribution is -2.43. The number of amides is 1. The molecule has 1 aromatic carbocycles. The minimum atomic E-state index is -0.267. The minimum absolute atomic E-state index is 0.267. The fourth-order valence-electron chi connectivity index (χ4n) is 4.12. The standard InChI is InChI=1S/C24H28N8O/c1-16-13-18-7-8-25-23(21(18)27-16)29-20-14-26-30-22(20)24(33)28-19-5-3-17(4-6-19)15-32-11-9-31(2)10-12-32/h3-8,13-14,27H,9-12,15H2,1-2H3,(H,25,29)(H,26,30)(H,28,33). The van der Waals surface area contributed by atoms with Crippen LogP contribution in [0.1, 0.15) is 21.7 Å². The molecule has 170 valence electrons. The third-order valence-electron chi connectivity index (χ3n) is 6.01. The van der Waals surface area contributed by atoms with Crippen molar-refractivity contribution in [3.05, 3.63) is 65.7 Å². The number of benzene rings is 1. The first-order valence-electron chi connectivity index (χ1n) is 11.1. The summed E-state index contributed by atoms with van der Waals surface area (Å²) < 4.78 is 0. The first-order valence-corrected chi connectivity index (χ1v) is 11.1. The molecule has 4 aromatic rings. The molecule has 1 saturated heterocycles. The zero-order chi connectivity index (χ0) is 22.8. The third kappa shape index (κ3) is 4.74. The van der Waals surface area contributed by atoms with Crippen LogP contribution >= 0.6 is 0 Å². The Morgan fingerprint density at radius 2 is 1.91 bits per heavy atom. The molecule has 1 fully saturated rings. The summed E-state index contributed by atoms with van der Waals surface area (Å²) >= 11 is 0. The highest BCUT2D eigenvalue weighted by atomic mass is 16.2. The molecular weight excluding hydrogens is 416 g/mol. The van der Waals surface area contributed by atoms with Gasteiger partial charge in [0.2, 0.25) is 0 Å². The van der Waals surface area contributed by atoms with Crippen molar-refractivity contribution in [2.24, 2.45) is 0 Å². The Hall–Kier alpha value is -3.69. The van der Waals surface area contributed by atoms with Crippen molar-refractivity contribution in [2.75, 3.05) is 43.9 Å². The molecule has 0 saturated carbocycles. The number of aromatic amines is 2. The number of hydrogen-bond donors (Lipinski definition) is 4. The maximum Gasteiger partial charge on any atom is 0.275 e. The maximum atomic E-state index is 12.9. The Bertz CT molecular complexity index is 1250. The van der Waals surface area contributed by atoms with Crippen LogP contribution in [0.2, 0.25) is 0 Å². The zero-order valence-corrected chi connectivity index (χ0v) is 18.9. The number of aryl methyl sites for hydroxylation is 1. The van der Waals surface area contributed by atoms with E-state index in [1.165, 1.54) is 5.56 Å². The van der Waals surface area contributed by atoms with Crippen LogP contribution in [0.25, 0.3) is 10.9 Å². The van der Waals surface area contributed by atoms with E-state index in [9.17, 15) is 4.79 Å². The van der Waals surface area contributed by atoms with E-state index in [2.05, 4.69) is 65.8 Å². The van der Waals surface area contributed by atoms with E-state index in [0.29, 0.717) is 17.2 Å². The van der Waals surface area contributed by atoms with E-state index in [-0.39, 0.29) is 5.91 Å². The summed E-state index contributed by atoms with van der Waals surface area (Å²) in [7, 11) is 2.16. The predicted octanol–water partition coefficient (Wildman–Crippen LogP) is 3.34. The molecule has 0 spiro atoms. The van der Waals surface area contributed by atoms with Gasteiger partial charge in [-0.2, -0.15) is 5.10 Å². The normalized spacial score (nSPS) is 15.1. The summed E-state index contributed by atoms with van der Waals surface area (Å²) in [5, 5.41) is 14.1. The van der Waals surface area contributed by atoms with Gasteiger partial charge in [0.05, 0.1) is 17.4 Å². The van der Waals surface area contributed by atoms with Gasteiger partial charge in [0.25, 0.3) is 5.91 Å². The first-order chi connectivity index (χ1) is 16.0. The van der Waals surface area contributed by atoms with E-state index in [4.69, 9.17) is 0 Å². The molecule has 3 aromatic heterocycles. The van der Waals surface area contributed by atoms with Gasteiger partial charge in [0.1, 0.15) is 5.69 Å². The number of pyridine rings is 1. The number of likely N-dealkylation sites (N-methyl/N-ethyl adjacent to an activating group) is 1. The van der Waals surface area contributed by atoms with E-state index < -0.39 is 0 Å². The molecule has 0 bridgehead atoms. The van der Waals surface area contributed by atoms with Crippen molar-refractivity contribution >= 4 is 34.0 Å². The van der Waals surface area contributed by atoms with Gasteiger partial charge in [0, 0.05) is 55.7 Å². The number of H-pyrrole nitrogens is 2. The average Bonchev–Trinajstić information content (AvgIpc) is 3.43. The summed E-state index contributed by atoms with van der Waals surface area (Å²) in [6, 6.07) is 12.0. The Morgan fingerprint density at radius 1 is 1.12 bits per heavy atom. The predicted molar refractivity (Wildman–Crippen MR) is 130 cm³/mol. The van der Waals surface area contributed by atoms with Crippen LogP contribution in [-0.4, -0.2) is 69.1 Å². The van der Waals surface area contributed by atoms with Gasteiger partial charge in [0.15, 0.2) is 5.82 Å². The van der Waals surface area contributed by atoms with Crippen molar-refractivity contribution in [3.63, 3.8) is 0 Å². The summed E-state index contributed by atoms with van der Waals surface area (Å²) in [5.74, 6) is 0.376. The van der Waals surface area contributed by atoms with E-state index >= 15 is 0 Å². The second-order valence-corrected chi connectivity index (χ2v) is 8.59. The van der Waals surface area contributed by atoms with Crippen LogP contribution in [0.5, 0.6) is 0 Å². The molecule has 9 heteroatoms. The number of piperazine rings is 1. The molecule has 0 radical (unpaired) electrons. The van der Waals surface area contributed by atoms with Gasteiger partial charge in [-0.05, 0) is 43.8 Å². The molecule has 33 heavy (non-hydrogen) atoms. The Morgan fingerprint density at radius 3 is 2.70 bits per heavy atom. The zero-order valence-electron chi connectivity index (χ0n) is 18.9. The molecule has 0 unspecified atom stereocenters. The molecule has 5 rings (SSSR count). The molecule has 4 heterocycles. The SMILES string of the molecule is Cc1cc2ccnc(Nc3cn[nH]c3C(=O)Nc3ccc(CN4CCN(C)CC4)cc3)c2[nH]1. The van der Waals surface area contributed by atoms with E-state index in [1.807, 2.05) is 25.1 Å². The summed E-state index contributed by atoms with van der Waals surface area (Å²) in [5.41, 5.74) is 4.82. The van der Waals surface area contributed by atoms with Crippen LogP contribution in [0.4, 0.5) is 17.2 Å². The van der Waals surface area contributed by atoms with Crippen LogP contribution in [0, 0.1) is 6.92 Å². The van der Waals surface area contributed by atoms with Gasteiger partial charge < -0.3 is 20.5 Å². The molecule has 0 atom stereocenters. The topological polar surface area (TPSA) is 105 Å². The van der Waals surface area contributed by atoms with Gasteiger partial charge in [-0.3, -0.25) is 14.8 Å². The van der Waals surface area contributed by atoms with Crippen LogP contribution in [-0.2, 0) is 6.54 Å². The second kappa shape index (κ2) is 9.05. The highest BCUT2D eigenvalue weighted by Crippen LogP contribution is 2.26. The minimum Gasteiger partial charge on any atom is -0.356 e. The number of rotatable bonds is 6. The second-order valence-electron chi connectivity index (χ2n) is 8.59. The summed E-state index contributed by atoms with van der Waals surface area (Å²) in [6.07, 6.45) is 3.33. The Labute approximate surface area is 192 Å². The molecule has 9 nitrogen and oxygen atoms in total. The maximum absolute atomic E-state index is 12.9. The number of aromatic nitrogens is 4. The van der Waals surface area contributed by atoms with Crippen molar-refractivity contribution in [1.82, 2.24) is 30.0 Å². The van der Waals surface area contributed by atoms with Gasteiger partial charge in [-0.15, -0.1) is 0 Å². The fourth-order valence-corrected chi connectivity index (χ4v) is 4.12.